The van der Waals surface area contributed by atoms with E-state index in [0.717, 1.165) is 79.5 Å². The normalized spacial score (nSPS) is 22.8. The van der Waals surface area contributed by atoms with Crippen LogP contribution in [0.25, 0.3) is 27.7 Å². The summed E-state index contributed by atoms with van der Waals surface area (Å²) in [5.41, 5.74) is 3.71. The van der Waals surface area contributed by atoms with Gasteiger partial charge in [-0.3, -0.25) is 33.7 Å². The highest BCUT2D eigenvalue weighted by Crippen LogP contribution is 2.38. The fourth-order valence-electron chi connectivity index (χ4n) is 9.63. The van der Waals surface area contributed by atoms with Crippen LogP contribution in [0.2, 0.25) is 0 Å². The molecule has 2 N–H and O–H groups in total. The summed E-state index contributed by atoms with van der Waals surface area (Å²) in [6, 6.07) is 7.46. The van der Waals surface area contributed by atoms with E-state index in [1.165, 1.54) is 16.9 Å². The van der Waals surface area contributed by atoms with E-state index in [1.807, 2.05) is 31.3 Å². The summed E-state index contributed by atoms with van der Waals surface area (Å²) in [5.74, 6) is 0.0110. The highest BCUT2D eigenvalue weighted by molar-refractivity contribution is 6.08. The molecule has 0 radical (unpaired) electrons. The second kappa shape index (κ2) is 16.1. The first-order valence-corrected chi connectivity index (χ1v) is 21.1. The van der Waals surface area contributed by atoms with Crippen molar-refractivity contribution in [2.45, 2.75) is 76.4 Å². The molecule has 1 aliphatic carbocycles. The molecule has 4 aliphatic rings. The maximum atomic E-state index is 14.3. The molecule has 0 spiro atoms. The van der Waals surface area contributed by atoms with Crippen molar-refractivity contribution in [3.8, 4) is 11.1 Å². The van der Waals surface area contributed by atoms with Crippen LogP contribution in [0.15, 0.2) is 55.2 Å². The molecule has 8 heterocycles. The molecule has 3 aliphatic heterocycles. The van der Waals surface area contributed by atoms with Gasteiger partial charge in [-0.05, 0) is 69.1 Å². The summed E-state index contributed by atoms with van der Waals surface area (Å²) in [5, 5.41) is 24.2. The fraction of sp³-hybridized carbons (Fsp3) is 0.476. The molecular formula is C42H47F2N13O4. The van der Waals surface area contributed by atoms with Gasteiger partial charge in [0, 0.05) is 68.7 Å². The van der Waals surface area contributed by atoms with Crippen LogP contribution in [-0.4, -0.2) is 112 Å². The average Bonchev–Trinajstić information content (AvgIpc) is 4.12. The van der Waals surface area contributed by atoms with Gasteiger partial charge in [0.2, 0.25) is 5.91 Å². The lowest BCUT2D eigenvalue weighted by Gasteiger charge is -2.31. The number of nitrogens with one attached hydrogen (secondary N) is 2. The van der Waals surface area contributed by atoms with Gasteiger partial charge in [-0.15, -0.1) is 0 Å². The van der Waals surface area contributed by atoms with Crippen LogP contribution in [0, 0.1) is 12.8 Å². The predicted octanol–water partition coefficient (Wildman–Crippen LogP) is 5.13. The molecule has 318 valence electrons. The van der Waals surface area contributed by atoms with Gasteiger partial charge in [-0.25, -0.2) is 18.3 Å². The van der Waals surface area contributed by atoms with Crippen LogP contribution in [0.1, 0.15) is 91.2 Å². The first kappa shape index (κ1) is 39.1. The van der Waals surface area contributed by atoms with Crippen molar-refractivity contribution in [3.05, 3.63) is 72.2 Å². The van der Waals surface area contributed by atoms with E-state index < -0.39 is 24.1 Å². The Balaban J connectivity index is 0.756. The van der Waals surface area contributed by atoms with Crippen molar-refractivity contribution < 1.29 is 27.9 Å². The number of imide groups is 1. The summed E-state index contributed by atoms with van der Waals surface area (Å²) in [6.45, 7) is 7.27. The zero-order chi connectivity index (χ0) is 41.8. The van der Waals surface area contributed by atoms with E-state index in [0.29, 0.717) is 50.1 Å². The lowest BCUT2D eigenvalue weighted by molar-refractivity contribution is -0.135. The average molecular weight is 836 g/mol. The third-order valence-electron chi connectivity index (χ3n) is 12.8. The van der Waals surface area contributed by atoms with E-state index in [1.54, 1.807) is 15.6 Å². The molecule has 1 aromatic carbocycles. The van der Waals surface area contributed by atoms with Crippen LogP contribution < -0.4 is 15.5 Å². The number of carbonyl (C=O) groups is 3. The number of nitrogens with zero attached hydrogens (tertiary/aromatic N) is 11. The fourth-order valence-corrected chi connectivity index (χ4v) is 9.63. The number of morpholine rings is 1. The predicted molar refractivity (Wildman–Crippen MR) is 219 cm³/mol. The molecule has 3 amide bonds. The van der Waals surface area contributed by atoms with Crippen molar-refractivity contribution in [1.29, 1.82) is 0 Å². The Kier molecular flexibility index (Phi) is 10.3. The quantitative estimate of drug-likeness (QED) is 0.175. The maximum Gasteiger partial charge on any atom is 0.284 e. The number of benzene rings is 1. The number of fused-ring (bicyclic) bond motifs is 2. The maximum absolute atomic E-state index is 14.3. The second-order valence-electron chi connectivity index (χ2n) is 16.7. The number of ether oxygens (including phenoxy) is 1. The van der Waals surface area contributed by atoms with E-state index in [2.05, 4.69) is 52.6 Å². The first-order chi connectivity index (χ1) is 29.7. The van der Waals surface area contributed by atoms with Crippen molar-refractivity contribution in [3.63, 3.8) is 0 Å². The molecule has 19 heteroatoms. The van der Waals surface area contributed by atoms with Crippen molar-refractivity contribution >= 4 is 45.8 Å². The zero-order valence-electron chi connectivity index (χ0n) is 33.8. The highest BCUT2D eigenvalue weighted by atomic mass is 19.3. The van der Waals surface area contributed by atoms with Crippen LogP contribution in [0.3, 0.4) is 0 Å². The van der Waals surface area contributed by atoms with Crippen LogP contribution in [-0.2, 0) is 14.3 Å². The standard InChI is InChI=1S/C42H47F2N13O4/c1-25-37-30(3-2-4-33(37)57(50-25)34-9-10-36(58)49-42(34)60)27-19-45-55(22-27)29-11-13-52(23-29)21-26-5-7-28(8-6-26)56-24-32(38(51-56)39(43)44)47-41(59)31-20-46-54-14-12-35(48-40(31)54)53-15-17-61-18-16-53/h2-4,12,14,19-20,22,24,26,28-29,34,39H,5-11,13,15-18,21,23H2,1H3,(H,47,59)(H,49,58,60)/t26?,28?,29-,34-/m0/s1. The van der Waals surface area contributed by atoms with Crippen LogP contribution >= 0.6 is 0 Å². The third-order valence-corrected chi connectivity index (χ3v) is 12.8. The monoisotopic (exact) mass is 835 g/mol. The minimum atomic E-state index is -2.86. The number of likely N-dealkylation sites (tertiary alicyclic amines) is 1. The Morgan fingerprint density at radius 1 is 0.951 bits per heavy atom. The van der Waals surface area contributed by atoms with Gasteiger partial charge in [-0.1, -0.05) is 12.1 Å². The minimum absolute atomic E-state index is 0.00944. The number of piperidine rings is 1. The number of aryl methyl sites for hydroxylation is 1. The molecule has 5 aromatic heterocycles. The van der Waals surface area contributed by atoms with Crippen molar-refractivity contribution in [2.24, 2.45) is 5.92 Å². The largest absolute Gasteiger partial charge is 0.378 e. The molecule has 61 heavy (non-hydrogen) atoms. The van der Waals surface area contributed by atoms with Crippen molar-refractivity contribution in [1.82, 2.24) is 54.2 Å². The molecule has 17 nitrogen and oxygen atoms in total. The van der Waals surface area contributed by atoms with E-state index in [9.17, 15) is 23.2 Å². The number of halogens is 2. The SMILES string of the molecule is Cc1nn([C@H]2CCC(=O)NC2=O)c2cccc(-c3cnn([C@H]4CCN(CC5CCC(n6cc(NC(=O)c7cnn8ccc(N9CCOCC9)nc78)c(C(F)F)n6)CC5)C4)c3)c12. The summed E-state index contributed by atoms with van der Waals surface area (Å²) in [7, 11) is 0. The van der Waals surface area contributed by atoms with E-state index in [4.69, 9.17) is 14.9 Å². The Labute approximate surface area is 349 Å². The zero-order valence-corrected chi connectivity index (χ0v) is 33.8. The van der Waals surface area contributed by atoms with Crippen LogP contribution in [0.5, 0.6) is 0 Å². The molecule has 0 bridgehead atoms. The number of anilines is 2. The number of aromatic nitrogens is 9. The smallest absolute Gasteiger partial charge is 0.284 e. The second-order valence-corrected chi connectivity index (χ2v) is 16.7. The number of alkyl halides is 2. The van der Waals surface area contributed by atoms with E-state index >= 15 is 0 Å². The van der Waals surface area contributed by atoms with Gasteiger partial charge in [0.1, 0.15) is 17.4 Å². The molecule has 4 fully saturated rings. The number of carbonyl (C=O) groups excluding carboxylic acids is 3. The van der Waals surface area contributed by atoms with Gasteiger partial charge in [0.15, 0.2) is 11.3 Å². The van der Waals surface area contributed by atoms with Gasteiger partial charge in [0.05, 0.1) is 54.6 Å². The lowest BCUT2D eigenvalue weighted by Crippen LogP contribution is -2.42. The van der Waals surface area contributed by atoms with Gasteiger partial charge >= 0.3 is 0 Å². The number of amides is 3. The first-order valence-electron chi connectivity index (χ1n) is 21.1. The summed E-state index contributed by atoms with van der Waals surface area (Å²) >= 11 is 0. The third kappa shape index (κ3) is 7.53. The Morgan fingerprint density at radius 3 is 2.59 bits per heavy atom. The molecule has 3 saturated heterocycles. The molecule has 1 saturated carbocycles. The van der Waals surface area contributed by atoms with Crippen LogP contribution in [0.4, 0.5) is 20.3 Å². The number of hydrogen-bond donors (Lipinski definition) is 2. The molecule has 6 aromatic rings. The minimum Gasteiger partial charge on any atom is -0.378 e. The summed E-state index contributed by atoms with van der Waals surface area (Å²) < 4.78 is 41.0. The Hall–Kier alpha value is -6.08. The molecular weight excluding hydrogens is 789 g/mol. The van der Waals surface area contributed by atoms with E-state index in [-0.39, 0.29) is 41.6 Å². The lowest BCUT2D eigenvalue weighted by atomic mass is 9.86. The highest BCUT2D eigenvalue weighted by Gasteiger charge is 2.33. The molecule has 0 unspecified atom stereocenters. The number of rotatable bonds is 10. The molecule has 10 rings (SSSR count). The van der Waals surface area contributed by atoms with Gasteiger partial charge in [0.25, 0.3) is 18.2 Å². The summed E-state index contributed by atoms with van der Waals surface area (Å²) in [6.07, 6.45) is 11.0. The van der Waals surface area contributed by atoms with Gasteiger partial charge < -0.3 is 19.9 Å². The van der Waals surface area contributed by atoms with Crippen molar-refractivity contribution in [2.75, 3.05) is 56.2 Å². The summed E-state index contributed by atoms with van der Waals surface area (Å²) in [4.78, 5) is 47.2. The Bertz CT molecular complexity index is 2620. The molecule has 2 atom stereocenters. The Morgan fingerprint density at radius 2 is 1.79 bits per heavy atom. The number of hydrogen-bond acceptors (Lipinski definition) is 11. The topological polar surface area (TPSA) is 175 Å². The van der Waals surface area contributed by atoms with Gasteiger partial charge in [-0.2, -0.15) is 20.4 Å².